The summed E-state index contributed by atoms with van der Waals surface area (Å²) < 4.78 is 2.26. The lowest BCUT2D eigenvalue weighted by Crippen LogP contribution is -2.29. The lowest BCUT2D eigenvalue weighted by Gasteiger charge is -2.10. The lowest BCUT2D eigenvalue weighted by molar-refractivity contribution is -0.123. The largest absolute Gasteiger partial charge is 0.356 e. The van der Waals surface area contributed by atoms with Crippen LogP contribution in [0.5, 0.6) is 0 Å². The van der Waals surface area contributed by atoms with Gasteiger partial charge >= 0.3 is 0 Å². The number of aryl methyl sites for hydroxylation is 1. The number of nitrogens with one attached hydrogen (secondary N) is 1. The van der Waals surface area contributed by atoms with E-state index in [1.165, 1.54) is 22.6 Å². The number of benzene rings is 1. The zero-order valence-corrected chi connectivity index (χ0v) is 13.3. The second-order valence-electron chi connectivity index (χ2n) is 5.76. The highest BCUT2D eigenvalue weighted by molar-refractivity contribution is 5.77. The Balaban J connectivity index is 2.11. The highest BCUT2D eigenvalue weighted by atomic mass is 16.1. The van der Waals surface area contributed by atoms with Crippen molar-refractivity contribution in [2.75, 3.05) is 6.54 Å². The van der Waals surface area contributed by atoms with Crippen molar-refractivity contribution in [2.45, 2.75) is 34.1 Å². The molecule has 2 aromatic rings. The minimum atomic E-state index is 0.0433. The van der Waals surface area contributed by atoms with Crippen LogP contribution in [0.25, 0.3) is 5.69 Å². The first-order valence-electron chi connectivity index (χ1n) is 7.51. The third-order valence-corrected chi connectivity index (χ3v) is 3.77. The summed E-state index contributed by atoms with van der Waals surface area (Å²) in [6.45, 7) is 8.78. The summed E-state index contributed by atoms with van der Waals surface area (Å²) in [5.74, 6) is 0.161. The summed E-state index contributed by atoms with van der Waals surface area (Å²) in [5, 5.41) is 2.98. The second-order valence-corrected chi connectivity index (χ2v) is 5.76. The molecule has 21 heavy (non-hydrogen) atoms. The Hall–Kier alpha value is -2.03. The summed E-state index contributed by atoms with van der Waals surface area (Å²) in [6.07, 6.45) is 0.866. The van der Waals surface area contributed by atoms with Crippen LogP contribution in [0, 0.1) is 19.8 Å². The maximum atomic E-state index is 11.6. The Morgan fingerprint density at radius 1 is 1.19 bits per heavy atom. The van der Waals surface area contributed by atoms with Gasteiger partial charge in [0.05, 0.1) is 0 Å². The third-order valence-electron chi connectivity index (χ3n) is 3.77. The molecule has 0 aliphatic heterocycles. The van der Waals surface area contributed by atoms with Crippen molar-refractivity contribution in [3.63, 3.8) is 0 Å². The Morgan fingerprint density at radius 2 is 1.86 bits per heavy atom. The van der Waals surface area contributed by atoms with Crippen LogP contribution >= 0.6 is 0 Å². The maximum Gasteiger partial charge on any atom is 0.222 e. The van der Waals surface area contributed by atoms with Gasteiger partial charge in [-0.3, -0.25) is 4.79 Å². The van der Waals surface area contributed by atoms with E-state index in [9.17, 15) is 4.79 Å². The maximum absolute atomic E-state index is 11.6. The zero-order chi connectivity index (χ0) is 15.4. The van der Waals surface area contributed by atoms with Crippen molar-refractivity contribution in [3.05, 3.63) is 53.3 Å². The van der Waals surface area contributed by atoms with E-state index in [1.807, 2.05) is 19.9 Å². The van der Waals surface area contributed by atoms with Crippen LogP contribution < -0.4 is 5.32 Å². The SMILES string of the molecule is Cc1cc(CCNC(=O)C(C)C)c(C)n1-c1ccccc1. The molecule has 0 unspecified atom stereocenters. The molecule has 0 fully saturated rings. The predicted octanol–water partition coefficient (Wildman–Crippen LogP) is 3.41. The van der Waals surface area contributed by atoms with Gasteiger partial charge in [0.2, 0.25) is 5.91 Å². The van der Waals surface area contributed by atoms with Gasteiger partial charge in [0.1, 0.15) is 0 Å². The Morgan fingerprint density at radius 3 is 2.48 bits per heavy atom. The number of para-hydroxylation sites is 1. The standard InChI is InChI=1S/C18H24N2O/c1-13(2)18(21)19-11-10-16-12-14(3)20(15(16)4)17-8-6-5-7-9-17/h5-9,12-13H,10-11H2,1-4H3,(H,19,21). The minimum Gasteiger partial charge on any atom is -0.356 e. The molecule has 0 radical (unpaired) electrons. The fourth-order valence-electron chi connectivity index (χ4n) is 2.58. The van der Waals surface area contributed by atoms with E-state index in [1.54, 1.807) is 0 Å². The van der Waals surface area contributed by atoms with Crippen LogP contribution in [-0.2, 0) is 11.2 Å². The molecule has 0 bridgehead atoms. The molecule has 1 aromatic heterocycles. The van der Waals surface area contributed by atoms with Gasteiger partial charge in [0.25, 0.3) is 0 Å². The van der Waals surface area contributed by atoms with Crippen molar-refractivity contribution in [1.82, 2.24) is 9.88 Å². The van der Waals surface area contributed by atoms with Gasteiger partial charge in [0, 0.05) is 29.5 Å². The number of aromatic nitrogens is 1. The molecule has 0 saturated heterocycles. The second kappa shape index (κ2) is 6.61. The topological polar surface area (TPSA) is 34.0 Å². The van der Waals surface area contributed by atoms with Crippen LogP contribution in [0.3, 0.4) is 0 Å². The van der Waals surface area contributed by atoms with Crippen LogP contribution in [0.1, 0.15) is 30.8 Å². The van der Waals surface area contributed by atoms with Gasteiger partial charge in [-0.05, 0) is 44.0 Å². The van der Waals surface area contributed by atoms with Gasteiger partial charge in [-0.25, -0.2) is 0 Å². The lowest BCUT2D eigenvalue weighted by atomic mass is 10.1. The molecule has 1 heterocycles. The number of rotatable bonds is 5. The monoisotopic (exact) mass is 284 g/mol. The average Bonchev–Trinajstić information content (AvgIpc) is 2.74. The molecule has 1 aromatic carbocycles. The molecular weight excluding hydrogens is 260 g/mol. The normalized spacial score (nSPS) is 10.9. The molecule has 3 nitrogen and oxygen atoms in total. The molecule has 2 rings (SSSR count). The van der Waals surface area contributed by atoms with Crippen LogP contribution in [0.4, 0.5) is 0 Å². The molecule has 0 aliphatic rings. The van der Waals surface area contributed by atoms with Gasteiger partial charge in [-0.1, -0.05) is 32.0 Å². The fourth-order valence-corrected chi connectivity index (χ4v) is 2.58. The van der Waals surface area contributed by atoms with Crippen molar-refractivity contribution in [1.29, 1.82) is 0 Å². The summed E-state index contributed by atoms with van der Waals surface area (Å²) in [7, 11) is 0. The highest BCUT2D eigenvalue weighted by Gasteiger charge is 2.11. The quantitative estimate of drug-likeness (QED) is 0.897. The predicted molar refractivity (Wildman–Crippen MR) is 86.8 cm³/mol. The summed E-state index contributed by atoms with van der Waals surface area (Å²) >= 11 is 0. The van der Waals surface area contributed by atoms with E-state index < -0.39 is 0 Å². The number of carbonyl (C=O) groups excluding carboxylic acids is 1. The molecule has 0 saturated carbocycles. The number of amides is 1. The third kappa shape index (κ3) is 3.54. The van der Waals surface area contributed by atoms with E-state index in [0.29, 0.717) is 6.54 Å². The van der Waals surface area contributed by atoms with Crippen LogP contribution in [0.15, 0.2) is 36.4 Å². The van der Waals surface area contributed by atoms with E-state index in [0.717, 1.165) is 6.42 Å². The van der Waals surface area contributed by atoms with Crippen molar-refractivity contribution in [2.24, 2.45) is 5.92 Å². The summed E-state index contributed by atoms with van der Waals surface area (Å²) in [6, 6.07) is 12.6. The first-order chi connectivity index (χ1) is 10.0. The molecule has 0 spiro atoms. The zero-order valence-electron chi connectivity index (χ0n) is 13.3. The van der Waals surface area contributed by atoms with Crippen LogP contribution in [-0.4, -0.2) is 17.0 Å². The number of hydrogen-bond donors (Lipinski definition) is 1. The minimum absolute atomic E-state index is 0.0433. The molecule has 0 atom stereocenters. The van der Waals surface area contributed by atoms with Gasteiger partial charge in [-0.2, -0.15) is 0 Å². The fraction of sp³-hybridized carbons (Fsp3) is 0.389. The molecule has 1 N–H and O–H groups in total. The Labute approximate surface area is 127 Å². The van der Waals surface area contributed by atoms with Gasteiger partial charge in [0.15, 0.2) is 0 Å². The number of nitrogens with zero attached hydrogens (tertiary/aromatic N) is 1. The first-order valence-corrected chi connectivity index (χ1v) is 7.51. The Kier molecular flexibility index (Phi) is 4.84. The molecule has 3 heteroatoms. The van der Waals surface area contributed by atoms with Gasteiger partial charge < -0.3 is 9.88 Å². The molecule has 0 aliphatic carbocycles. The van der Waals surface area contributed by atoms with E-state index in [-0.39, 0.29) is 11.8 Å². The molecule has 112 valence electrons. The van der Waals surface area contributed by atoms with Crippen molar-refractivity contribution < 1.29 is 4.79 Å². The Bertz CT molecular complexity index is 612. The number of hydrogen-bond acceptors (Lipinski definition) is 1. The average molecular weight is 284 g/mol. The molecular formula is C18H24N2O. The number of carbonyl (C=O) groups is 1. The summed E-state index contributed by atoms with van der Waals surface area (Å²) in [5.41, 5.74) is 4.95. The van der Waals surface area contributed by atoms with E-state index >= 15 is 0 Å². The summed E-state index contributed by atoms with van der Waals surface area (Å²) in [4.78, 5) is 11.6. The van der Waals surface area contributed by atoms with Crippen molar-refractivity contribution in [3.8, 4) is 5.69 Å². The van der Waals surface area contributed by atoms with Gasteiger partial charge in [-0.15, -0.1) is 0 Å². The smallest absolute Gasteiger partial charge is 0.222 e. The van der Waals surface area contributed by atoms with E-state index in [4.69, 9.17) is 0 Å². The van der Waals surface area contributed by atoms with Crippen molar-refractivity contribution >= 4 is 5.91 Å². The first kappa shape index (κ1) is 15.4. The van der Waals surface area contributed by atoms with E-state index in [2.05, 4.69) is 54.1 Å². The highest BCUT2D eigenvalue weighted by Crippen LogP contribution is 2.20. The molecule has 1 amide bonds. The van der Waals surface area contributed by atoms with Crippen LogP contribution in [0.2, 0.25) is 0 Å².